The molecule has 132 valence electrons. The van der Waals surface area contributed by atoms with Gasteiger partial charge in [0, 0.05) is 44.5 Å². The molecular formula is C16H28Cl2N4O. The third kappa shape index (κ3) is 7.88. The smallest absolute Gasteiger partial charge is 0.234 e. The van der Waals surface area contributed by atoms with Gasteiger partial charge in [-0.15, -0.1) is 24.8 Å². The highest BCUT2D eigenvalue weighted by atomic mass is 35.5. The number of halogens is 2. The lowest BCUT2D eigenvalue weighted by Gasteiger charge is -2.34. The molecule has 0 radical (unpaired) electrons. The second kappa shape index (κ2) is 10.7. The fraction of sp³-hybridized carbons (Fsp3) is 0.562. The fourth-order valence-corrected chi connectivity index (χ4v) is 2.63. The summed E-state index contributed by atoms with van der Waals surface area (Å²) in [5.41, 5.74) is 7.88. The molecule has 1 aliphatic heterocycles. The van der Waals surface area contributed by atoms with E-state index < -0.39 is 0 Å². The zero-order chi connectivity index (χ0) is 15.2. The maximum absolute atomic E-state index is 11.8. The molecule has 1 aromatic carbocycles. The van der Waals surface area contributed by atoms with Gasteiger partial charge in [-0.3, -0.25) is 14.6 Å². The van der Waals surface area contributed by atoms with Crippen molar-refractivity contribution in [2.45, 2.75) is 26.4 Å². The minimum atomic E-state index is 0. The monoisotopic (exact) mass is 362 g/mol. The minimum Gasteiger partial charge on any atom is -0.399 e. The van der Waals surface area contributed by atoms with Gasteiger partial charge < -0.3 is 11.1 Å². The molecule has 1 aromatic rings. The Labute approximate surface area is 151 Å². The molecule has 0 bridgehead atoms. The normalized spacial score (nSPS) is 15.6. The van der Waals surface area contributed by atoms with Gasteiger partial charge in [-0.1, -0.05) is 12.1 Å². The van der Waals surface area contributed by atoms with Crippen molar-refractivity contribution in [2.75, 3.05) is 38.5 Å². The number of nitrogen functional groups attached to an aromatic ring is 1. The van der Waals surface area contributed by atoms with Crippen LogP contribution in [0.25, 0.3) is 0 Å². The van der Waals surface area contributed by atoms with Gasteiger partial charge in [0.05, 0.1) is 6.54 Å². The van der Waals surface area contributed by atoms with E-state index in [-0.39, 0.29) is 36.8 Å². The first-order valence-electron chi connectivity index (χ1n) is 7.61. The Morgan fingerprint density at radius 2 is 1.78 bits per heavy atom. The molecule has 1 saturated heterocycles. The molecule has 23 heavy (non-hydrogen) atoms. The number of nitrogens with two attached hydrogens (primary N) is 1. The highest BCUT2D eigenvalue weighted by Crippen LogP contribution is 2.11. The summed E-state index contributed by atoms with van der Waals surface area (Å²) in [6.45, 7) is 9.26. The fourth-order valence-electron chi connectivity index (χ4n) is 2.63. The molecule has 0 spiro atoms. The maximum atomic E-state index is 11.8. The van der Waals surface area contributed by atoms with Crippen LogP contribution in [0.4, 0.5) is 5.69 Å². The van der Waals surface area contributed by atoms with Gasteiger partial charge in [0.25, 0.3) is 0 Å². The SMILES string of the molecule is CC(C)NC(=O)CN1CCN(Cc2cccc(N)c2)CC1.Cl.Cl. The summed E-state index contributed by atoms with van der Waals surface area (Å²) in [5, 5.41) is 2.94. The van der Waals surface area contributed by atoms with Crippen molar-refractivity contribution in [2.24, 2.45) is 0 Å². The van der Waals surface area contributed by atoms with Crippen LogP contribution >= 0.6 is 24.8 Å². The number of carbonyl (C=O) groups excluding carboxylic acids is 1. The number of benzene rings is 1. The predicted octanol–water partition coefficient (Wildman–Crippen LogP) is 1.75. The van der Waals surface area contributed by atoms with Crippen LogP contribution in [0.3, 0.4) is 0 Å². The van der Waals surface area contributed by atoms with Gasteiger partial charge in [-0.2, -0.15) is 0 Å². The molecule has 2 rings (SSSR count). The van der Waals surface area contributed by atoms with Crippen molar-refractivity contribution >= 4 is 36.4 Å². The number of rotatable bonds is 5. The summed E-state index contributed by atoms with van der Waals surface area (Å²) in [4.78, 5) is 16.4. The van der Waals surface area contributed by atoms with Crippen LogP contribution in [0.1, 0.15) is 19.4 Å². The first kappa shape index (κ1) is 22.0. The Bertz CT molecular complexity index is 477. The topological polar surface area (TPSA) is 61.6 Å². The quantitative estimate of drug-likeness (QED) is 0.783. The molecule has 1 amide bonds. The number of nitrogens with one attached hydrogen (secondary N) is 1. The lowest BCUT2D eigenvalue weighted by molar-refractivity contribution is -0.123. The second-order valence-electron chi connectivity index (χ2n) is 6.02. The number of amides is 1. The standard InChI is InChI=1S/C16H26N4O.2ClH/c1-13(2)18-16(21)12-20-8-6-19(7-9-20)11-14-4-3-5-15(17)10-14;;/h3-5,10,13H,6-9,11-12,17H2,1-2H3,(H,18,21);2*1H. The Hall–Kier alpha value is -1.01. The van der Waals surface area contributed by atoms with E-state index in [2.05, 4.69) is 21.2 Å². The Morgan fingerprint density at radius 1 is 1.17 bits per heavy atom. The van der Waals surface area contributed by atoms with Crippen molar-refractivity contribution in [1.82, 2.24) is 15.1 Å². The number of hydrogen-bond donors (Lipinski definition) is 2. The molecule has 0 unspecified atom stereocenters. The van der Waals surface area contributed by atoms with Crippen LogP contribution < -0.4 is 11.1 Å². The molecule has 0 atom stereocenters. The highest BCUT2D eigenvalue weighted by molar-refractivity contribution is 5.85. The molecule has 0 aliphatic carbocycles. The van der Waals surface area contributed by atoms with E-state index >= 15 is 0 Å². The Morgan fingerprint density at radius 3 is 2.35 bits per heavy atom. The summed E-state index contributed by atoms with van der Waals surface area (Å²) in [5.74, 6) is 0.120. The molecule has 0 aromatic heterocycles. The summed E-state index contributed by atoms with van der Waals surface area (Å²) in [6, 6.07) is 8.26. The molecule has 0 saturated carbocycles. The molecule has 3 N–H and O–H groups in total. The average Bonchev–Trinajstić information content (AvgIpc) is 2.40. The van der Waals surface area contributed by atoms with Crippen LogP contribution in [-0.4, -0.2) is 54.5 Å². The van der Waals surface area contributed by atoms with Crippen molar-refractivity contribution in [1.29, 1.82) is 0 Å². The van der Waals surface area contributed by atoms with E-state index in [1.165, 1.54) is 5.56 Å². The summed E-state index contributed by atoms with van der Waals surface area (Å²) >= 11 is 0. The molecule has 7 heteroatoms. The molecule has 1 heterocycles. The zero-order valence-corrected chi connectivity index (χ0v) is 15.5. The Balaban J connectivity index is 0.00000242. The number of nitrogens with zero attached hydrogens (tertiary/aromatic N) is 2. The highest BCUT2D eigenvalue weighted by Gasteiger charge is 2.19. The van der Waals surface area contributed by atoms with Crippen molar-refractivity contribution in [3.05, 3.63) is 29.8 Å². The number of hydrogen-bond acceptors (Lipinski definition) is 4. The van der Waals surface area contributed by atoms with Gasteiger partial charge in [-0.05, 0) is 31.5 Å². The van der Waals surface area contributed by atoms with Crippen LogP contribution in [0.2, 0.25) is 0 Å². The average molecular weight is 363 g/mol. The lowest BCUT2D eigenvalue weighted by atomic mass is 10.2. The van der Waals surface area contributed by atoms with Crippen LogP contribution in [0, 0.1) is 0 Å². The summed E-state index contributed by atoms with van der Waals surface area (Å²) in [7, 11) is 0. The van der Waals surface area contributed by atoms with Crippen LogP contribution in [0.5, 0.6) is 0 Å². The number of anilines is 1. The van der Waals surface area contributed by atoms with Gasteiger partial charge >= 0.3 is 0 Å². The third-order valence-electron chi connectivity index (χ3n) is 3.64. The third-order valence-corrected chi connectivity index (χ3v) is 3.64. The second-order valence-corrected chi connectivity index (χ2v) is 6.02. The zero-order valence-electron chi connectivity index (χ0n) is 13.8. The van der Waals surface area contributed by atoms with Gasteiger partial charge in [-0.25, -0.2) is 0 Å². The molecule has 1 fully saturated rings. The van der Waals surface area contributed by atoms with E-state index in [4.69, 9.17) is 5.73 Å². The summed E-state index contributed by atoms with van der Waals surface area (Å²) < 4.78 is 0. The van der Waals surface area contributed by atoms with Gasteiger partial charge in [0.1, 0.15) is 0 Å². The van der Waals surface area contributed by atoms with E-state index in [0.29, 0.717) is 6.54 Å². The van der Waals surface area contributed by atoms with E-state index in [1.54, 1.807) is 0 Å². The van der Waals surface area contributed by atoms with Crippen molar-refractivity contribution < 1.29 is 4.79 Å². The predicted molar refractivity (Wildman–Crippen MR) is 100 cm³/mol. The molecule has 1 aliphatic rings. The van der Waals surface area contributed by atoms with Crippen molar-refractivity contribution in [3.8, 4) is 0 Å². The summed E-state index contributed by atoms with van der Waals surface area (Å²) in [6.07, 6.45) is 0. The minimum absolute atomic E-state index is 0. The van der Waals surface area contributed by atoms with Gasteiger partial charge in [0.15, 0.2) is 0 Å². The van der Waals surface area contributed by atoms with E-state index in [0.717, 1.165) is 38.4 Å². The number of piperazine rings is 1. The van der Waals surface area contributed by atoms with Crippen LogP contribution in [-0.2, 0) is 11.3 Å². The van der Waals surface area contributed by atoms with E-state index in [1.807, 2.05) is 32.0 Å². The van der Waals surface area contributed by atoms with Crippen LogP contribution in [0.15, 0.2) is 24.3 Å². The largest absolute Gasteiger partial charge is 0.399 e. The number of carbonyl (C=O) groups is 1. The Kier molecular flexibility index (Phi) is 10.2. The maximum Gasteiger partial charge on any atom is 0.234 e. The van der Waals surface area contributed by atoms with E-state index in [9.17, 15) is 4.79 Å². The molecular weight excluding hydrogens is 335 g/mol. The lowest BCUT2D eigenvalue weighted by Crippen LogP contribution is -2.49. The van der Waals surface area contributed by atoms with Crippen molar-refractivity contribution in [3.63, 3.8) is 0 Å². The van der Waals surface area contributed by atoms with Gasteiger partial charge in [0.2, 0.25) is 5.91 Å². The molecule has 5 nitrogen and oxygen atoms in total. The first-order valence-corrected chi connectivity index (χ1v) is 7.61. The first-order chi connectivity index (χ1) is 10.0.